The van der Waals surface area contributed by atoms with E-state index in [0.29, 0.717) is 12.3 Å². The Morgan fingerprint density at radius 3 is 2.26 bits per heavy atom. The van der Waals surface area contributed by atoms with Crippen molar-refractivity contribution in [1.82, 2.24) is 5.32 Å². The lowest BCUT2D eigenvalue weighted by molar-refractivity contribution is 0.0368. The third-order valence-electron chi connectivity index (χ3n) is 2.64. The molecule has 0 radical (unpaired) electrons. The molecule has 1 aromatic rings. The zero-order valence-corrected chi connectivity index (χ0v) is 11.5. The molecule has 1 rings (SSSR count). The molecule has 5 heteroatoms. The molecular formula is C14H21NO4. The third-order valence-corrected chi connectivity index (χ3v) is 2.64. The van der Waals surface area contributed by atoms with Crippen LogP contribution in [0.2, 0.25) is 0 Å². The van der Waals surface area contributed by atoms with E-state index < -0.39 is 11.5 Å². The fraction of sp³-hybridized carbons (Fsp3) is 0.500. The second-order valence-corrected chi connectivity index (χ2v) is 5.52. The predicted octanol–water partition coefficient (Wildman–Crippen LogP) is 1.62. The van der Waals surface area contributed by atoms with Crippen molar-refractivity contribution in [2.45, 2.75) is 32.8 Å². The van der Waals surface area contributed by atoms with Crippen molar-refractivity contribution >= 4 is 5.91 Å². The fourth-order valence-corrected chi connectivity index (χ4v) is 2.05. The molecule has 0 saturated heterocycles. The molecule has 0 saturated carbocycles. The van der Waals surface area contributed by atoms with Gasteiger partial charge in [-0.2, -0.15) is 0 Å². The van der Waals surface area contributed by atoms with Crippen molar-refractivity contribution in [2.75, 3.05) is 6.54 Å². The number of hydrogen-bond acceptors (Lipinski definition) is 4. The minimum Gasteiger partial charge on any atom is -0.508 e. The Bertz CT molecular complexity index is 435. The monoisotopic (exact) mass is 267 g/mol. The first-order chi connectivity index (χ1) is 8.69. The summed E-state index contributed by atoms with van der Waals surface area (Å²) >= 11 is 0. The van der Waals surface area contributed by atoms with E-state index in [1.54, 1.807) is 6.92 Å². The lowest BCUT2D eigenvalue weighted by Gasteiger charge is -2.25. The van der Waals surface area contributed by atoms with Gasteiger partial charge >= 0.3 is 0 Å². The molecule has 4 N–H and O–H groups in total. The van der Waals surface area contributed by atoms with Gasteiger partial charge in [-0.25, -0.2) is 0 Å². The number of aromatic hydroxyl groups is 2. The number of phenols is 2. The minimum absolute atomic E-state index is 0.112. The van der Waals surface area contributed by atoms with Gasteiger partial charge in [0.05, 0.1) is 5.60 Å². The summed E-state index contributed by atoms with van der Waals surface area (Å²) < 4.78 is 0. The Balaban J connectivity index is 2.65. The molecule has 106 valence electrons. The maximum Gasteiger partial charge on any atom is 0.251 e. The van der Waals surface area contributed by atoms with Gasteiger partial charge in [-0.1, -0.05) is 13.8 Å². The second kappa shape index (κ2) is 5.93. The van der Waals surface area contributed by atoms with Crippen molar-refractivity contribution in [3.05, 3.63) is 23.8 Å². The molecule has 0 fully saturated rings. The van der Waals surface area contributed by atoms with Crippen LogP contribution in [0.25, 0.3) is 0 Å². The minimum atomic E-state index is -0.983. The number of carbonyl (C=O) groups excluding carboxylic acids is 1. The van der Waals surface area contributed by atoms with Crippen molar-refractivity contribution in [2.24, 2.45) is 5.92 Å². The van der Waals surface area contributed by atoms with Gasteiger partial charge in [0.2, 0.25) is 0 Å². The highest BCUT2D eigenvalue weighted by Gasteiger charge is 2.23. The van der Waals surface area contributed by atoms with Crippen LogP contribution in [-0.2, 0) is 0 Å². The zero-order valence-electron chi connectivity index (χ0n) is 11.5. The number of phenolic OH excluding ortho intramolecular Hbond substituents is 2. The van der Waals surface area contributed by atoms with Crippen LogP contribution in [0.5, 0.6) is 11.5 Å². The van der Waals surface area contributed by atoms with E-state index >= 15 is 0 Å². The molecule has 1 unspecified atom stereocenters. The van der Waals surface area contributed by atoms with Crippen LogP contribution in [0.15, 0.2) is 18.2 Å². The molecule has 0 aliphatic heterocycles. The van der Waals surface area contributed by atoms with Crippen molar-refractivity contribution < 1.29 is 20.1 Å². The fourth-order valence-electron chi connectivity index (χ4n) is 2.05. The predicted molar refractivity (Wildman–Crippen MR) is 72.2 cm³/mol. The van der Waals surface area contributed by atoms with Gasteiger partial charge in [-0.15, -0.1) is 0 Å². The molecule has 0 heterocycles. The van der Waals surface area contributed by atoms with Crippen molar-refractivity contribution in [3.8, 4) is 11.5 Å². The molecule has 1 aromatic carbocycles. The van der Waals surface area contributed by atoms with E-state index in [2.05, 4.69) is 5.32 Å². The molecule has 5 nitrogen and oxygen atoms in total. The Hall–Kier alpha value is -1.75. The molecule has 0 aliphatic rings. The Morgan fingerprint density at radius 1 is 1.26 bits per heavy atom. The van der Waals surface area contributed by atoms with Gasteiger partial charge in [0.25, 0.3) is 5.91 Å². The van der Waals surface area contributed by atoms with Crippen molar-refractivity contribution in [1.29, 1.82) is 0 Å². The van der Waals surface area contributed by atoms with Crippen LogP contribution < -0.4 is 5.32 Å². The normalized spacial score (nSPS) is 14.2. The number of hydrogen-bond donors (Lipinski definition) is 4. The molecule has 1 amide bonds. The van der Waals surface area contributed by atoms with E-state index in [1.165, 1.54) is 12.1 Å². The van der Waals surface area contributed by atoms with Gasteiger partial charge in [0.15, 0.2) is 0 Å². The standard InChI is InChI=1S/C14H21NO4/c1-9(2)7-14(3,19)8-15-13(18)10-4-11(16)6-12(17)5-10/h4-6,9,16-17,19H,7-8H2,1-3H3,(H,15,18). The summed E-state index contributed by atoms with van der Waals surface area (Å²) in [6, 6.07) is 3.66. The number of carbonyl (C=O) groups is 1. The van der Waals surface area contributed by atoms with Gasteiger partial charge in [-0.3, -0.25) is 4.79 Å². The lowest BCUT2D eigenvalue weighted by Crippen LogP contribution is -2.41. The molecule has 1 atom stereocenters. The smallest absolute Gasteiger partial charge is 0.251 e. The molecular weight excluding hydrogens is 246 g/mol. The van der Waals surface area contributed by atoms with Crippen LogP contribution in [0.4, 0.5) is 0 Å². The Labute approximate surface area is 112 Å². The van der Waals surface area contributed by atoms with Crippen LogP contribution in [0.3, 0.4) is 0 Å². The summed E-state index contributed by atoms with van der Waals surface area (Å²) in [5.41, 5.74) is -0.833. The first-order valence-electron chi connectivity index (χ1n) is 6.23. The summed E-state index contributed by atoms with van der Waals surface area (Å²) in [5, 5.41) is 31.3. The zero-order chi connectivity index (χ0) is 14.6. The first kappa shape index (κ1) is 15.3. The topological polar surface area (TPSA) is 89.8 Å². The number of benzene rings is 1. The van der Waals surface area contributed by atoms with Gasteiger partial charge in [0, 0.05) is 18.2 Å². The van der Waals surface area contributed by atoms with E-state index in [1.807, 2.05) is 13.8 Å². The third kappa shape index (κ3) is 5.18. The van der Waals surface area contributed by atoms with Gasteiger partial charge in [-0.05, 0) is 31.4 Å². The highest BCUT2D eigenvalue weighted by atomic mass is 16.3. The van der Waals surface area contributed by atoms with E-state index in [-0.39, 0.29) is 23.6 Å². The van der Waals surface area contributed by atoms with E-state index in [9.17, 15) is 20.1 Å². The summed E-state index contributed by atoms with van der Waals surface area (Å²) in [6.07, 6.45) is 0.568. The van der Waals surface area contributed by atoms with Gasteiger partial charge in [0.1, 0.15) is 11.5 Å². The van der Waals surface area contributed by atoms with Gasteiger partial charge < -0.3 is 20.6 Å². The number of aliphatic hydroxyl groups is 1. The number of nitrogens with one attached hydrogen (secondary N) is 1. The van der Waals surface area contributed by atoms with E-state index in [4.69, 9.17) is 0 Å². The lowest BCUT2D eigenvalue weighted by atomic mass is 9.94. The Morgan fingerprint density at radius 2 is 1.79 bits per heavy atom. The Kier molecular flexibility index (Phi) is 4.78. The molecule has 0 aliphatic carbocycles. The largest absolute Gasteiger partial charge is 0.508 e. The number of amides is 1. The highest BCUT2D eigenvalue weighted by molar-refractivity contribution is 5.95. The van der Waals surface area contributed by atoms with E-state index in [0.717, 1.165) is 6.07 Å². The van der Waals surface area contributed by atoms with Crippen LogP contribution in [0.1, 0.15) is 37.6 Å². The average Bonchev–Trinajstić information content (AvgIpc) is 2.22. The molecule has 0 aromatic heterocycles. The second-order valence-electron chi connectivity index (χ2n) is 5.52. The first-order valence-corrected chi connectivity index (χ1v) is 6.23. The van der Waals surface area contributed by atoms with Crippen LogP contribution in [-0.4, -0.2) is 33.4 Å². The van der Waals surface area contributed by atoms with Crippen LogP contribution in [0, 0.1) is 5.92 Å². The SMILES string of the molecule is CC(C)CC(C)(O)CNC(=O)c1cc(O)cc(O)c1. The summed E-state index contributed by atoms with van der Waals surface area (Å²) in [4.78, 5) is 11.8. The highest BCUT2D eigenvalue weighted by Crippen LogP contribution is 2.20. The molecule has 19 heavy (non-hydrogen) atoms. The molecule has 0 spiro atoms. The average molecular weight is 267 g/mol. The maximum absolute atomic E-state index is 11.8. The maximum atomic E-state index is 11.8. The van der Waals surface area contributed by atoms with Crippen molar-refractivity contribution in [3.63, 3.8) is 0 Å². The quantitative estimate of drug-likeness (QED) is 0.652. The summed E-state index contributed by atoms with van der Waals surface area (Å²) in [6.45, 7) is 5.75. The van der Waals surface area contributed by atoms with Crippen LogP contribution >= 0.6 is 0 Å². The molecule has 0 bridgehead atoms. The number of rotatable bonds is 5. The summed E-state index contributed by atoms with van der Waals surface area (Å²) in [5.74, 6) is -0.495. The summed E-state index contributed by atoms with van der Waals surface area (Å²) in [7, 11) is 0.